The van der Waals surface area contributed by atoms with Gasteiger partial charge in [0.15, 0.2) is 5.75 Å². The number of ether oxygens (including phenoxy) is 2. The molecule has 1 aromatic heterocycles. The van der Waals surface area contributed by atoms with E-state index >= 15 is 0 Å². The van der Waals surface area contributed by atoms with Crippen molar-refractivity contribution >= 4 is 28.9 Å². The molecule has 0 atom stereocenters. The van der Waals surface area contributed by atoms with E-state index in [1.54, 1.807) is 31.4 Å². The molecule has 1 aliphatic heterocycles. The summed E-state index contributed by atoms with van der Waals surface area (Å²) < 4.78 is 11.9. The lowest BCUT2D eigenvalue weighted by atomic mass is 10.2. The SMILES string of the molecule is COc1ccc2c(c1)c(OC(C)=O)c1n2C(=O)C=C1. The standard InChI is InChI=1S/C14H11NO4/c1-8(16)19-14-10-7-9(18-2)3-4-11(10)15-12(14)5-6-13(15)17/h3-7H,1-2H3. The molecule has 1 aromatic carbocycles. The molecule has 0 bridgehead atoms. The van der Waals surface area contributed by atoms with Gasteiger partial charge in [-0.25, -0.2) is 0 Å². The van der Waals surface area contributed by atoms with Crippen LogP contribution in [0.25, 0.3) is 17.0 Å². The van der Waals surface area contributed by atoms with E-state index in [0.29, 0.717) is 28.1 Å². The minimum atomic E-state index is -0.425. The molecule has 0 saturated heterocycles. The van der Waals surface area contributed by atoms with Gasteiger partial charge in [-0.3, -0.25) is 14.2 Å². The zero-order valence-corrected chi connectivity index (χ0v) is 10.5. The molecule has 0 saturated carbocycles. The third kappa shape index (κ3) is 1.62. The van der Waals surface area contributed by atoms with Crippen LogP contribution in [0.5, 0.6) is 11.5 Å². The van der Waals surface area contributed by atoms with Crippen LogP contribution in [0.2, 0.25) is 0 Å². The van der Waals surface area contributed by atoms with Gasteiger partial charge in [-0.05, 0) is 24.3 Å². The number of methoxy groups -OCH3 is 1. The van der Waals surface area contributed by atoms with Crippen molar-refractivity contribution in [2.75, 3.05) is 7.11 Å². The van der Waals surface area contributed by atoms with Crippen molar-refractivity contribution in [3.05, 3.63) is 30.0 Å². The first-order valence-electron chi connectivity index (χ1n) is 5.75. The second-order valence-corrected chi connectivity index (χ2v) is 4.20. The van der Waals surface area contributed by atoms with Gasteiger partial charge in [0.25, 0.3) is 5.91 Å². The van der Waals surface area contributed by atoms with Crippen LogP contribution in [0.15, 0.2) is 24.3 Å². The first-order valence-corrected chi connectivity index (χ1v) is 5.75. The Morgan fingerprint density at radius 2 is 2.05 bits per heavy atom. The molecule has 2 aromatic rings. The normalized spacial score (nSPS) is 12.8. The summed E-state index contributed by atoms with van der Waals surface area (Å²) >= 11 is 0. The minimum Gasteiger partial charge on any atom is -0.497 e. The number of hydrogen-bond acceptors (Lipinski definition) is 4. The van der Waals surface area contributed by atoms with Crippen LogP contribution in [0.1, 0.15) is 17.4 Å². The highest BCUT2D eigenvalue weighted by atomic mass is 16.5. The predicted octanol–water partition coefficient (Wildman–Crippen LogP) is 2.24. The molecule has 0 amide bonds. The molecule has 3 rings (SSSR count). The van der Waals surface area contributed by atoms with Crippen molar-refractivity contribution in [3.8, 4) is 11.5 Å². The van der Waals surface area contributed by atoms with Gasteiger partial charge >= 0.3 is 5.97 Å². The molecular weight excluding hydrogens is 246 g/mol. The molecule has 2 heterocycles. The Bertz CT molecular complexity index is 739. The summed E-state index contributed by atoms with van der Waals surface area (Å²) in [6.45, 7) is 1.33. The van der Waals surface area contributed by atoms with Crippen molar-refractivity contribution in [3.63, 3.8) is 0 Å². The number of fused-ring (bicyclic) bond motifs is 3. The highest BCUT2D eigenvalue weighted by Crippen LogP contribution is 2.38. The highest BCUT2D eigenvalue weighted by molar-refractivity contribution is 6.10. The molecule has 0 fully saturated rings. The Labute approximate surface area is 109 Å². The van der Waals surface area contributed by atoms with Crippen LogP contribution in [0, 0.1) is 0 Å². The summed E-state index contributed by atoms with van der Waals surface area (Å²) in [6, 6.07) is 5.29. The fraction of sp³-hybridized carbons (Fsp3) is 0.143. The number of allylic oxidation sites excluding steroid dienone is 1. The largest absolute Gasteiger partial charge is 0.497 e. The molecular formula is C14H11NO4. The van der Waals surface area contributed by atoms with E-state index in [2.05, 4.69) is 0 Å². The zero-order valence-electron chi connectivity index (χ0n) is 10.5. The van der Waals surface area contributed by atoms with Crippen LogP contribution in [0.4, 0.5) is 0 Å². The number of benzene rings is 1. The summed E-state index contributed by atoms with van der Waals surface area (Å²) in [5.41, 5.74) is 1.28. The first-order chi connectivity index (χ1) is 9.11. The van der Waals surface area contributed by atoms with Crippen LogP contribution < -0.4 is 9.47 Å². The second kappa shape index (κ2) is 3.98. The number of esters is 1. The molecule has 96 valence electrons. The van der Waals surface area contributed by atoms with Crippen LogP contribution >= 0.6 is 0 Å². The highest BCUT2D eigenvalue weighted by Gasteiger charge is 2.25. The zero-order chi connectivity index (χ0) is 13.6. The van der Waals surface area contributed by atoms with Gasteiger partial charge in [-0.15, -0.1) is 0 Å². The molecule has 5 nitrogen and oxygen atoms in total. The fourth-order valence-corrected chi connectivity index (χ4v) is 2.25. The fourth-order valence-electron chi connectivity index (χ4n) is 2.25. The number of aromatic nitrogens is 1. The van der Waals surface area contributed by atoms with E-state index < -0.39 is 5.97 Å². The van der Waals surface area contributed by atoms with Crippen molar-refractivity contribution in [1.29, 1.82) is 0 Å². The van der Waals surface area contributed by atoms with Gasteiger partial charge in [-0.2, -0.15) is 0 Å². The number of rotatable bonds is 2. The molecule has 0 radical (unpaired) electrons. The topological polar surface area (TPSA) is 57.5 Å². The summed E-state index contributed by atoms with van der Waals surface area (Å²) in [5, 5.41) is 0.683. The molecule has 19 heavy (non-hydrogen) atoms. The summed E-state index contributed by atoms with van der Waals surface area (Å²) in [5.74, 6) is 0.458. The number of nitrogens with zero attached hydrogens (tertiary/aromatic N) is 1. The Kier molecular flexibility index (Phi) is 2.41. The maximum Gasteiger partial charge on any atom is 0.308 e. The van der Waals surface area contributed by atoms with Crippen LogP contribution in [0.3, 0.4) is 0 Å². The maximum atomic E-state index is 11.8. The van der Waals surface area contributed by atoms with Crippen LogP contribution in [-0.4, -0.2) is 23.6 Å². The van der Waals surface area contributed by atoms with Crippen molar-refractivity contribution in [2.45, 2.75) is 6.92 Å². The van der Waals surface area contributed by atoms with Gasteiger partial charge in [0.2, 0.25) is 0 Å². The maximum absolute atomic E-state index is 11.8. The van der Waals surface area contributed by atoms with Gasteiger partial charge in [-0.1, -0.05) is 0 Å². The third-order valence-electron chi connectivity index (χ3n) is 3.01. The number of hydrogen-bond donors (Lipinski definition) is 0. The van der Waals surface area contributed by atoms with Gasteiger partial charge < -0.3 is 9.47 Å². The van der Waals surface area contributed by atoms with Gasteiger partial charge in [0, 0.05) is 18.4 Å². The summed E-state index contributed by atoms with van der Waals surface area (Å²) in [6.07, 6.45) is 3.10. The van der Waals surface area contributed by atoms with Crippen molar-refractivity contribution in [2.24, 2.45) is 0 Å². The Morgan fingerprint density at radius 1 is 1.26 bits per heavy atom. The quantitative estimate of drug-likeness (QED) is 0.774. The molecule has 1 aliphatic rings. The lowest BCUT2D eigenvalue weighted by Gasteiger charge is -2.02. The molecule has 5 heteroatoms. The van der Waals surface area contributed by atoms with E-state index in [9.17, 15) is 9.59 Å². The Hall–Kier alpha value is -2.56. The summed E-state index contributed by atoms with van der Waals surface area (Å²) in [4.78, 5) is 23.1. The monoisotopic (exact) mass is 257 g/mol. The minimum absolute atomic E-state index is 0.149. The van der Waals surface area contributed by atoms with Crippen molar-refractivity contribution in [1.82, 2.24) is 4.57 Å². The Balaban J connectivity index is 2.34. The van der Waals surface area contributed by atoms with Crippen molar-refractivity contribution < 1.29 is 19.1 Å². The van der Waals surface area contributed by atoms with E-state index in [4.69, 9.17) is 9.47 Å². The Morgan fingerprint density at radius 3 is 2.74 bits per heavy atom. The van der Waals surface area contributed by atoms with E-state index in [1.165, 1.54) is 17.6 Å². The average Bonchev–Trinajstić information content (AvgIpc) is 2.89. The average molecular weight is 257 g/mol. The predicted molar refractivity (Wildman–Crippen MR) is 69.5 cm³/mol. The van der Waals surface area contributed by atoms with Crippen LogP contribution in [-0.2, 0) is 4.79 Å². The number of carbonyl (C=O) groups is 2. The van der Waals surface area contributed by atoms with E-state index in [0.717, 1.165) is 0 Å². The van der Waals surface area contributed by atoms with E-state index in [1.807, 2.05) is 0 Å². The molecule has 0 N–H and O–H groups in total. The molecule has 0 unspecified atom stereocenters. The van der Waals surface area contributed by atoms with E-state index in [-0.39, 0.29) is 5.91 Å². The van der Waals surface area contributed by atoms with Gasteiger partial charge in [0.05, 0.1) is 18.3 Å². The molecule has 0 aliphatic carbocycles. The number of carbonyl (C=O) groups excluding carboxylic acids is 2. The summed E-state index contributed by atoms with van der Waals surface area (Å²) in [7, 11) is 1.56. The second-order valence-electron chi connectivity index (χ2n) is 4.20. The third-order valence-corrected chi connectivity index (χ3v) is 3.01. The lowest BCUT2D eigenvalue weighted by Crippen LogP contribution is -2.04. The first kappa shape index (κ1) is 11.5. The lowest BCUT2D eigenvalue weighted by molar-refractivity contribution is -0.131. The van der Waals surface area contributed by atoms with Gasteiger partial charge in [0.1, 0.15) is 5.75 Å². The molecule has 0 spiro atoms. The smallest absolute Gasteiger partial charge is 0.308 e.